The molecule has 2 rings (SSSR count). The molecule has 0 atom stereocenters. The number of para-hydroxylation sites is 1. The molecule has 6 heteroatoms. The second-order valence-electron chi connectivity index (χ2n) is 3.71. The summed E-state index contributed by atoms with van der Waals surface area (Å²) in [4.78, 5) is 7.82. The fraction of sp³-hybridized carbons (Fsp3) is 0.167. The minimum Gasteiger partial charge on any atom is -0.481 e. The maximum Gasteiger partial charge on any atom is 0.225 e. The molecule has 18 heavy (non-hydrogen) atoms. The van der Waals surface area contributed by atoms with Gasteiger partial charge in [0.05, 0.1) is 12.8 Å². The van der Waals surface area contributed by atoms with E-state index in [4.69, 9.17) is 10.5 Å². The van der Waals surface area contributed by atoms with E-state index in [0.29, 0.717) is 17.4 Å². The zero-order valence-electron chi connectivity index (χ0n) is 10.1. The molecule has 94 valence electrons. The van der Waals surface area contributed by atoms with Crippen molar-refractivity contribution in [2.45, 2.75) is 6.92 Å². The third-order valence-electron chi connectivity index (χ3n) is 2.40. The number of nitrogens with zero attached hydrogens (tertiary/aromatic N) is 2. The summed E-state index contributed by atoms with van der Waals surface area (Å²) in [7, 11) is 1.47. The molecule has 0 radical (unpaired) electrons. The van der Waals surface area contributed by atoms with Gasteiger partial charge in [-0.1, -0.05) is 12.1 Å². The van der Waals surface area contributed by atoms with Crippen molar-refractivity contribution in [3.63, 3.8) is 0 Å². The number of rotatable bonds is 3. The van der Waals surface area contributed by atoms with Gasteiger partial charge in [0.15, 0.2) is 0 Å². The molecular formula is C12H13FN4O. The van der Waals surface area contributed by atoms with Crippen LogP contribution in [0, 0.1) is 12.7 Å². The number of hydrogen-bond acceptors (Lipinski definition) is 5. The highest BCUT2D eigenvalue weighted by Gasteiger charge is 2.08. The summed E-state index contributed by atoms with van der Waals surface area (Å²) in [6.07, 6.45) is 0. The van der Waals surface area contributed by atoms with Crippen LogP contribution in [0.4, 0.5) is 21.8 Å². The van der Waals surface area contributed by atoms with Crippen LogP contribution >= 0.6 is 0 Å². The fourth-order valence-corrected chi connectivity index (χ4v) is 1.53. The molecule has 0 aliphatic rings. The lowest BCUT2D eigenvalue weighted by molar-refractivity contribution is 0.398. The second-order valence-corrected chi connectivity index (χ2v) is 3.71. The molecule has 0 amide bonds. The number of nitrogens with two attached hydrogens (primary N) is 1. The first-order valence-electron chi connectivity index (χ1n) is 5.31. The smallest absolute Gasteiger partial charge is 0.225 e. The van der Waals surface area contributed by atoms with Gasteiger partial charge in [-0.05, 0) is 18.6 Å². The lowest BCUT2D eigenvalue weighted by atomic mass is 10.2. The van der Waals surface area contributed by atoms with E-state index in [2.05, 4.69) is 15.3 Å². The van der Waals surface area contributed by atoms with Crippen molar-refractivity contribution in [3.05, 3.63) is 35.6 Å². The number of aryl methyl sites for hydroxylation is 1. The summed E-state index contributed by atoms with van der Waals surface area (Å²) in [6, 6.07) is 6.36. The van der Waals surface area contributed by atoms with Crippen LogP contribution in [0.3, 0.4) is 0 Å². The van der Waals surface area contributed by atoms with Crippen molar-refractivity contribution < 1.29 is 9.13 Å². The molecule has 0 bridgehead atoms. The predicted octanol–water partition coefficient (Wildman–Crippen LogP) is 2.26. The molecule has 0 aliphatic carbocycles. The Morgan fingerprint density at radius 3 is 2.78 bits per heavy atom. The standard InChI is InChI=1S/C12H13FN4O/c1-7-4-3-5-8(13)11(7)15-9-6-10(18-2)17-12(14)16-9/h3-6H,1-2H3,(H3,14,15,16,17). The number of methoxy groups -OCH3 is 1. The molecular weight excluding hydrogens is 235 g/mol. The minimum atomic E-state index is -0.355. The lowest BCUT2D eigenvalue weighted by Gasteiger charge is -2.10. The Morgan fingerprint density at radius 1 is 1.33 bits per heavy atom. The molecule has 1 heterocycles. The topological polar surface area (TPSA) is 73.1 Å². The molecule has 0 fully saturated rings. The highest BCUT2D eigenvalue weighted by molar-refractivity contribution is 5.62. The van der Waals surface area contributed by atoms with E-state index in [0.717, 1.165) is 5.56 Å². The normalized spacial score (nSPS) is 10.2. The number of nitrogens with one attached hydrogen (secondary N) is 1. The highest BCUT2D eigenvalue weighted by Crippen LogP contribution is 2.24. The van der Waals surface area contributed by atoms with E-state index in [1.807, 2.05) is 0 Å². The minimum absolute atomic E-state index is 0.0610. The van der Waals surface area contributed by atoms with Gasteiger partial charge in [0.1, 0.15) is 11.6 Å². The van der Waals surface area contributed by atoms with Gasteiger partial charge in [0.2, 0.25) is 11.8 Å². The van der Waals surface area contributed by atoms with E-state index in [-0.39, 0.29) is 11.8 Å². The van der Waals surface area contributed by atoms with Crippen molar-refractivity contribution in [1.29, 1.82) is 0 Å². The monoisotopic (exact) mass is 248 g/mol. The number of nitrogen functional groups attached to an aromatic ring is 1. The Hall–Kier alpha value is -2.37. The first-order chi connectivity index (χ1) is 8.60. The van der Waals surface area contributed by atoms with Gasteiger partial charge < -0.3 is 15.8 Å². The summed E-state index contributed by atoms with van der Waals surface area (Å²) < 4.78 is 18.6. The van der Waals surface area contributed by atoms with Crippen molar-refractivity contribution in [2.24, 2.45) is 0 Å². The highest BCUT2D eigenvalue weighted by atomic mass is 19.1. The van der Waals surface area contributed by atoms with E-state index < -0.39 is 0 Å². The van der Waals surface area contributed by atoms with Gasteiger partial charge in [0.25, 0.3) is 0 Å². The summed E-state index contributed by atoms with van der Waals surface area (Å²) >= 11 is 0. The molecule has 1 aromatic heterocycles. The van der Waals surface area contributed by atoms with Crippen LogP contribution in [0.25, 0.3) is 0 Å². The lowest BCUT2D eigenvalue weighted by Crippen LogP contribution is -2.03. The van der Waals surface area contributed by atoms with E-state index in [1.165, 1.54) is 13.2 Å². The Kier molecular flexibility index (Phi) is 3.27. The Labute approximate surface area is 104 Å². The summed E-state index contributed by atoms with van der Waals surface area (Å²) in [6.45, 7) is 1.80. The molecule has 2 aromatic rings. The van der Waals surface area contributed by atoms with Gasteiger partial charge in [-0.15, -0.1) is 0 Å². The Balaban J connectivity index is 2.37. The predicted molar refractivity (Wildman–Crippen MR) is 67.4 cm³/mol. The Morgan fingerprint density at radius 2 is 2.11 bits per heavy atom. The Bertz CT molecular complexity index is 554. The molecule has 0 aliphatic heterocycles. The van der Waals surface area contributed by atoms with Crippen molar-refractivity contribution in [1.82, 2.24) is 9.97 Å². The summed E-state index contributed by atoms with van der Waals surface area (Å²) in [5, 5.41) is 2.87. The van der Waals surface area contributed by atoms with E-state index in [1.54, 1.807) is 25.1 Å². The quantitative estimate of drug-likeness (QED) is 0.871. The largest absolute Gasteiger partial charge is 0.481 e. The second kappa shape index (κ2) is 4.87. The molecule has 0 saturated carbocycles. The maximum absolute atomic E-state index is 13.7. The number of anilines is 3. The number of halogens is 1. The van der Waals surface area contributed by atoms with Crippen molar-refractivity contribution in [3.8, 4) is 5.88 Å². The van der Waals surface area contributed by atoms with Gasteiger partial charge >= 0.3 is 0 Å². The zero-order valence-corrected chi connectivity index (χ0v) is 10.1. The van der Waals surface area contributed by atoms with Gasteiger partial charge in [-0.3, -0.25) is 0 Å². The molecule has 0 unspecified atom stereocenters. The van der Waals surface area contributed by atoms with Crippen LogP contribution in [0.2, 0.25) is 0 Å². The number of ether oxygens (including phenoxy) is 1. The van der Waals surface area contributed by atoms with Crippen LogP contribution < -0.4 is 15.8 Å². The average molecular weight is 248 g/mol. The molecule has 0 spiro atoms. The van der Waals surface area contributed by atoms with Crippen LogP contribution in [-0.2, 0) is 0 Å². The molecule has 5 nitrogen and oxygen atoms in total. The zero-order chi connectivity index (χ0) is 13.1. The number of aromatic nitrogens is 2. The summed E-state index contributed by atoms with van der Waals surface area (Å²) in [5.41, 5.74) is 6.66. The average Bonchev–Trinajstić information content (AvgIpc) is 2.33. The number of hydrogen-bond donors (Lipinski definition) is 2. The third kappa shape index (κ3) is 2.48. The SMILES string of the molecule is COc1cc(Nc2c(C)cccc2F)nc(N)n1. The number of benzene rings is 1. The van der Waals surface area contributed by atoms with E-state index >= 15 is 0 Å². The third-order valence-corrected chi connectivity index (χ3v) is 2.40. The van der Waals surface area contributed by atoms with Crippen LogP contribution in [0.5, 0.6) is 5.88 Å². The summed E-state index contributed by atoms with van der Waals surface area (Å²) in [5.74, 6) is 0.406. The van der Waals surface area contributed by atoms with Crippen LogP contribution in [0.1, 0.15) is 5.56 Å². The molecule has 1 aromatic carbocycles. The van der Waals surface area contributed by atoms with Crippen molar-refractivity contribution >= 4 is 17.5 Å². The van der Waals surface area contributed by atoms with Crippen molar-refractivity contribution in [2.75, 3.05) is 18.2 Å². The van der Waals surface area contributed by atoms with E-state index in [9.17, 15) is 4.39 Å². The fourth-order valence-electron chi connectivity index (χ4n) is 1.53. The molecule has 3 N–H and O–H groups in total. The maximum atomic E-state index is 13.7. The molecule has 0 saturated heterocycles. The first kappa shape index (κ1) is 12.1. The van der Waals surface area contributed by atoms with Crippen LogP contribution in [-0.4, -0.2) is 17.1 Å². The first-order valence-corrected chi connectivity index (χ1v) is 5.31. The van der Waals surface area contributed by atoms with Gasteiger partial charge in [-0.2, -0.15) is 9.97 Å². The van der Waals surface area contributed by atoms with Gasteiger partial charge in [0, 0.05) is 6.07 Å². The van der Waals surface area contributed by atoms with Gasteiger partial charge in [-0.25, -0.2) is 4.39 Å². The van der Waals surface area contributed by atoms with Crippen LogP contribution in [0.15, 0.2) is 24.3 Å².